The van der Waals surface area contributed by atoms with Crippen LogP contribution in [-0.2, 0) is 4.74 Å². The largest absolute Gasteiger partial charge is 0.454 e. The number of hydrogen-bond acceptors (Lipinski definition) is 5. The standard InChI is InChI=1S/C14H20N2O3/c1-15-5-4-12-9-16(6-7-17-12)11-2-3-13-14(8-11)19-10-18-13/h2-3,8,12,15H,4-7,9-10H2,1H3. The molecule has 19 heavy (non-hydrogen) atoms. The average Bonchev–Trinajstić information content (AvgIpc) is 2.92. The lowest BCUT2D eigenvalue weighted by molar-refractivity contribution is 0.0358. The third-order valence-corrected chi connectivity index (χ3v) is 3.58. The molecule has 1 unspecified atom stereocenters. The number of rotatable bonds is 4. The number of ether oxygens (including phenoxy) is 3. The minimum Gasteiger partial charge on any atom is -0.454 e. The lowest BCUT2D eigenvalue weighted by atomic mass is 10.1. The smallest absolute Gasteiger partial charge is 0.231 e. The zero-order valence-electron chi connectivity index (χ0n) is 11.2. The van der Waals surface area contributed by atoms with Crippen LogP contribution in [0.15, 0.2) is 18.2 Å². The minimum absolute atomic E-state index is 0.298. The third-order valence-electron chi connectivity index (χ3n) is 3.58. The molecule has 5 heteroatoms. The fraction of sp³-hybridized carbons (Fsp3) is 0.571. The molecule has 1 saturated heterocycles. The monoisotopic (exact) mass is 264 g/mol. The Labute approximate surface area is 113 Å². The van der Waals surface area contributed by atoms with Gasteiger partial charge in [-0.3, -0.25) is 0 Å². The van der Waals surface area contributed by atoms with Crippen LogP contribution in [-0.4, -0.2) is 46.2 Å². The van der Waals surface area contributed by atoms with Crippen LogP contribution in [0.1, 0.15) is 6.42 Å². The summed E-state index contributed by atoms with van der Waals surface area (Å²) < 4.78 is 16.6. The van der Waals surface area contributed by atoms with Gasteiger partial charge in [0.2, 0.25) is 6.79 Å². The van der Waals surface area contributed by atoms with Gasteiger partial charge in [0.15, 0.2) is 11.5 Å². The van der Waals surface area contributed by atoms with Crippen LogP contribution in [0.4, 0.5) is 5.69 Å². The van der Waals surface area contributed by atoms with Gasteiger partial charge in [-0.05, 0) is 32.1 Å². The summed E-state index contributed by atoms with van der Waals surface area (Å²) in [5.74, 6) is 1.68. The lowest BCUT2D eigenvalue weighted by Crippen LogP contribution is -2.43. The first kappa shape index (κ1) is 12.6. The van der Waals surface area contributed by atoms with Crippen molar-refractivity contribution < 1.29 is 14.2 Å². The van der Waals surface area contributed by atoms with E-state index in [1.165, 1.54) is 5.69 Å². The summed E-state index contributed by atoms with van der Waals surface area (Å²) in [6.07, 6.45) is 1.34. The molecule has 1 fully saturated rings. The van der Waals surface area contributed by atoms with Crippen molar-refractivity contribution in [2.24, 2.45) is 0 Å². The van der Waals surface area contributed by atoms with Crippen molar-refractivity contribution in [1.29, 1.82) is 0 Å². The molecule has 0 aromatic heterocycles. The molecular formula is C14H20N2O3. The molecule has 3 rings (SSSR count). The normalized spacial score (nSPS) is 21.7. The Balaban J connectivity index is 1.67. The van der Waals surface area contributed by atoms with E-state index in [9.17, 15) is 0 Å². The highest BCUT2D eigenvalue weighted by Crippen LogP contribution is 2.35. The van der Waals surface area contributed by atoms with Gasteiger partial charge in [0.1, 0.15) is 0 Å². The molecule has 0 saturated carbocycles. The van der Waals surface area contributed by atoms with Gasteiger partial charge < -0.3 is 24.4 Å². The number of fused-ring (bicyclic) bond motifs is 1. The maximum atomic E-state index is 5.79. The zero-order chi connectivity index (χ0) is 13.1. The first-order valence-electron chi connectivity index (χ1n) is 6.77. The number of nitrogens with zero attached hydrogens (tertiary/aromatic N) is 1. The van der Waals surface area contributed by atoms with E-state index in [2.05, 4.69) is 22.3 Å². The summed E-state index contributed by atoms with van der Waals surface area (Å²) in [7, 11) is 1.97. The number of benzene rings is 1. The maximum absolute atomic E-state index is 5.79. The molecule has 1 atom stereocenters. The van der Waals surface area contributed by atoms with Crippen LogP contribution < -0.4 is 19.7 Å². The second-order valence-corrected chi connectivity index (χ2v) is 4.87. The van der Waals surface area contributed by atoms with Crippen molar-refractivity contribution in [3.8, 4) is 11.5 Å². The quantitative estimate of drug-likeness (QED) is 0.886. The summed E-state index contributed by atoms with van der Waals surface area (Å²) in [6, 6.07) is 6.13. The second kappa shape index (κ2) is 5.67. The molecule has 0 bridgehead atoms. The van der Waals surface area contributed by atoms with E-state index in [0.717, 1.165) is 44.2 Å². The van der Waals surface area contributed by atoms with Crippen molar-refractivity contribution in [2.45, 2.75) is 12.5 Å². The van der Waals surface area contributed by atoms with Crippen molar-refractivity contribution in [2.75, 3.05) is 45.0 Å². The Morgan fingerprint density at radius 3 is 3.11 bits per heavy atom. The van der Waals surface area contributed by atoms with Crippen LogP contribution in [0.5, 0.6) is 11.5 Å². The number of anilines is 1. The van der Waals surface area contributed by atoms with Crippen LogP contribution >= 0.6 is 0 Å². The Bertz CT molecular complexity index is 439. The molecule has 0 aliphatic carbocycles. The summed E-state index contributed by atoms with van der Waals surface area (Å²) in [4.78, 5) is 2.35. The fourth-order valence-electron chi connectivity index (χ4n) is 2.52. The van der Waals surface area contributed by atoms with Crippen molar-refractivity contribution in [3.63, 3.8) is 0 Å². The second-order valence-electron chi connectivity index (χ2n) is 4.87. The minimum atomic E-state index is 0.298. The van der Waals surface area contributed by atoms with Crippen molar-refractivity contribution in [3.05, 3.63) is 18.2 Å². The molecule has 104 valence electrons. The first-order chi connectivity index (χ1) is 9.36. The highest BCUT2D eigenvalue weighted by atomic mass is 16.7. The fourth-order valence-corrected chi connectivity index (χ4v) is 2.52. The predicted molar refractivity (Wildman–Crippen MR) is 73.1 cm³/mol. The maximum Gasteiger partial charge on any atom is 0.231 e. The molecule has 0 amide bonds. The number of morpholine rings is 1. The van der Waals surface area contributed by atoms with Gasteiger partial charge >= 0.3 is 0 Å². The topological polar surface area (TPSA) is 43.0 Å². The molecule has 1 aromatic rings. The summed E-state index contributed by atoms with van der Waals surface area (Å²) >= 11 is 0. The Morgan fingerprint density at radius 1 is 1.32 bits per heavy atom. The zero-order valence-corrected chi connectivity index (χ0v) is 11.2. The van der Waals surface area contributed by atoms with Gasteiger partial charge in [-0.15, -0.1) is 0 Å². The van der Waals surface area contributed by atoms with E-state index >= 15 is 0 Å². The highest BCUT2D eigenvalue weighted by molar-refractivity contribution is 5.57. The molecule has 2 aliphatic heterocycles. The summed E-state index contributed by atoms with van der Waals surface area (Å²) in [5, 5.41) is 3.17. The Hall–Kier alpha value is -1.46. The molecule has 0 radical (unpaired) electrons. The average molecular weight is 264 g/mol. The van der Waals surface area contributed by atoms with Crippen LogP contribution in [0, 0.1) is 0 Å². The number of hydrogen-bond donors (Lipinski definition) is 1. The van der Waals surface area contributed by atoms with E-state index in [1.807, 2.05) is 13.1 Å². The number of nitrogens with one attached hydrogen (secondary N) is 1. The first-order valence-corrected chi connectivity index (χ1v) is 6.77. The summed E-state index contributed by atoms with van der Waals surface area (Å²) in [6.45, 7) is 3.95. The van der Waals surface area contributed by atoms with Gasteiger partial charge in [0.05, 0.1) is 12.7 Å². The molecule has 2 aliphatic rings. The van der Waals surface area contributed by atoms with Gasteiger partial charge in [0.25, 0.3) is 0 Å². The van der Waals surface area contributed by atoms with Gasteiger partial charge in [0, 0.05) is 24.8 Å². The van der Waals surface area contributed by atoms with Gasteiger partial charge in [-0.1, -0.05) is 0 Å². The van der Waals surface area contributed by atoms with Crippen LogP contribution in [0.2, 0.25) is 0 Å². The van der Waals surface area contributed by atoms with E-state index in [0.29, 0.717) is 12.9 Å². The lowest BCUT2D eigenvalue weighted by Gasteiger charge is -2.34. The van der Waals surface area contributed by atoms with Crippen LogP contribution in [0.25, 0.3) is 0 Å². The van der Waals surface area contributed by atoms with E-state index in [-0.39, 0.29) is 0 Å². The molecule has 1 N–H and O–H groups in total. The van der Waals surface area contributed by atoms with E-state index < -0.39 is 0 Å². The molecular weight excluding hydrogens is 244 g/mol. The molecule has 0 spiro atoms. The molecule has 2 heterocycles. The highest BCUT2D eigenvalue weighted by Gasteiger charge is 2.22. The van der Waals surface area contributed by atoms with Gasteiger partial charge in [-0.25, -0.2) is 0 Å². The van der Waals surface area contributed by atoms with E-state index in [4.69, 9.17) is 14.2 Å². The SMILES string of the molecule is CNCCC1CN(c2ccc3c(c2)OCO3)CCO1. The summed E-state index contributed by atoms with van der Waals surface area (Å²) in [5.41, 5.74) is 1.18. The molecule has 5 nitrogen and oxygen atoms in total. The van der Waals surface area contributed by atoms with Crippen LogP contribution in [0.3, 0.4) is 0 Å². The van der Waals surface area contributed by atoms with Crippen molar-refractivity contribution in [1.82, 2.24) is 5.32 Å². The Morgan fingerprint density at radius 2 is 2.21 bits per heavy atom. The Kier molecular flexibility index (Phi) is 3.75. The van der Waals surface area contributed by atoms with E-state index in [1.54, 1.807) is 0 Å². The van der Waals surface area contributed by atoms with Gasteiger partial charge in [-0.2, -0.15) is 0 Å². The van der Waals surface area contributed by atoms with Crippen molar-refractivity contribution >= 4 is 5.69 Å². The predicted octanol–water partition coefficient (Wildman–Crippen LogP) is 1.23. The third kappa shape index (κ3) is 2.77. The molecule has 1 aromatic carbocycles.